The summed E-state index contributed by atoms with van der Waals surface area (Å²) < 4.78 is 1.91. The lowest BCUT2D eigenvalue weighted by atomic mass is 9.93. The van der Waals surface area contributed by atoms with E-state index in [1.807, 2.05) is 17.9 Å². The number of aromatic nitrogens is 3. The average molecular weight is 208 g/mol. The van der Waals surface area contributed by atoms with Crippen molar-refractivity contribution >= 4 is 0 Å². The van der Waals surface area contributed by atoms with Crippen LogP contribution in [0.15, 0.2) is 6.20 Å². The third-order valence-corrected chi connectivity index (χ3v) is 3.65. The molecule has 1 heterocycles. The summed E-state index contributed by atoms with van der Waals surface area (Å²) in [5, 5.41) is 11.5. The quantitative estimate of drug-likeness (QED) is 0.814. The van der Waals surface area contributed by atoms with E-state index in [9.17, 15) is 0 Å². The van der Waals surface area contributed by atoms with Crippen molar-refractivity contribution in [1.29, 1.82) is 0 Å². The molecular formula is C11H20N4. The molecule has 1 fully saturated rings. The lowest BCUT2D eigenvalue weighted by Gasteiger charge is -2.20. The lowest BCUT2D eigenvalue weighted by Crippen LogP contribution is -2.32. The van der Waals surface area contributed by atoms with Crippen LogP contribution >= 0.6 is 0 Å². The molecule has 2 rings (SSSR count). The molecule has 4 nitrogen and oxygen atoms in total. The van der Waals surface area contributed by atoms with Gasteiger partial charge in [0.05, 0.1) is 11.9 Å². The minimum Gasteiger partial charge on any atom is -0.314 e. The molecule has 0 radical (unpaired) electrons. The molecule has 84 valence electrons. The van der Waals surface area contributed by atoms with Gasteiger partial charge >= 0.3 is 0 Å². The molecule has 0 saturated heterocycles. The highest BCUT2D eigenvalue weighted by atomic mass is 15.4. The summed E-state index contributed by atoms with van der Waals surface area (Å²) in [4.78, 5) is 0. The van der Waals surface area contributed by atoms with Crippen LogP contribution in [0.5, 0.6) is 0 Å². The molecule has 1 aliphatic carbocycles. The topological polar surface area (TPSA) is 42.7 Å². The molecule has 1 saturated carbocycles. The van der Waals surface area contributed by atoms with Crippen LogP contribution < -0.4 is 5.32 Å². The third kappa shape index (κ3) is 1.91. The van der Waals surface area contributed by atoms with E-state index < -0.39 is 0 Å². The molecule has 0 aliphatic heterocycles. The van der Waals surface area contributed by atoms with E-state index >= 15 is 0 Å². The summed E-state index contributed by atoms with van der Waals surface area (Å²) in [6.45, 7) is 5.56. The van der Waals surface area contributed by atoms with Gasteiger partial charge < -0.3 is 5.32 Å². The van der Waals surface area contributed by atoms with Crippen LogP contribution in [0, 0.1) is 5.92 Å². The first-order valence-electron chi connectivity index (χ1n) is 5.82. The fourth-order valence-electron chi connectivity index (χ4n) is 2.77. The van der Waals surface area contributed by atoms with Gasteiger partial charge in [-0.15, -0.1) is 5.10 Å². The maximum Gasteiger partial charge on any atom is 0.0728 e. The number of hydrogen-bond donors (Lipinski definition) is 1. The number of hydrogen-bond acceptors (Lipinski definition) is 3. The molecule has 0 amide bonds. The summed E-state index contributed by atoms with van der Waals surface area (Å²) in [5.74, 6) is 1.30. The summed E-state index contributed by atoms with van der Waals surface area (Å²) in [5.41, 5.74) is 1.28. The Kier molecular flexibility index (Phi) is 3.05. The van der Waals surface area contributed by atoms with Crippen LogP contribution in [0.4, 0.5) is 0 Å². The van der Waals surface area contributed by atoms with Gasteiger partial charge in [-0.2, -0.15) is 0 Å². The summed E-state index contributed by atoms with van der Waals surface area (Å²) in [6.07, 6.45) is 4.43. The lowest BCUT2D eigenvalue weighted by molar-refractivity contribution is 0.402. The smallest absolute Gasteiger partial charge is 0.0728 e. The molecule has 15 heavy (non-hydrogen) atoms. The summed E-state index contributed by atoms with van der Waals surface area (Å²) in [6, 6.07) is 0.662. The van der Waals surface area contributed by atoms with Crippen molar-refractivity contribution in [3.63, 3.8) is 0 Å². The van der Waals surface area contributed by atoms with Gasteiger partial charge in [0.2, 0.25) is 0 Å². The minimum absolute atomic E-state index is 0.619. The van der Waals surface area contributed by atoms with Crippen LogP contribution in [0.1, 0.15) is 38.3 Å². The molecule has 0 bridgehead atoms. The molecule has 1 aliphatic rings. The first-order valence-corrected chi connectivity index (χ1v) is 5.82. The largest absolute Gasteiger partial charge is 0.314 e. The van der Waals surface area contributed by atoms with E-state index in [1.165, 1.54) is 18.5 Å². The zero-order valence-corrected chi connectivity index (χ0v) is 9.77. The second-order valence-electron chi connectivity index (χ2n) is 4.49. The van der Waals surface area contributed by atoms with E-state index in [-0.39, 0.29) is 0 Å². The van der Waals surface area contributed by atoms with Crippen molar-refractivity contribution in [2.24, 2.45) is 13.0 Å². The maximum absolute atomic E-state index is 4.01. The molecular weight excluding hydrogens is 188 g/mol. The molecule has 1 aromatic rings. The van der Waals surface area contributed by atoms with Crippen LogP contribution in [-0.4, -0.2) is 27.6 Å². The molecule has 3 unspecified atom stereocenters. The Balaban J connectivity index is 2.10. The number of nitrogens with zero attached hydrogens (tertiary/aromatic N) is 3. The maximum atomic E-state index is 4.01. The SMILES string of the molecule is CCNC1CCC(c2cnnn2C)C1C. The monoisotopic (exact) mass is 208 g/mol. The predicted octanol–water partition coefficient (Wildman–Crippen LogP) is 1.31. The van der Waals surface area contributed by atoms with Crippen LogP contribution in [0.2, 0.25) is 0 Å². The average Bonchev–Trinajstić information content (AvgIpc) is 2.76. The van der Waals surface area contributed by atoms with Crippen molar-refractivity contribution in [2.75, 3.05) is 6.54 Å². The van der Waals surface area contributed by atoms with E-state index in [1.54, 1.807) is 0 Å². The molecule has 3 atom stereocenters. The van der Waals surface area contributed by atoms with Gasteiger partial charge in [0, 0.05) is 19.0 Å². The van der Waals surface area contributed by atoms with Gasteiger partial charge in [-0.25, -0.2) is 0 Å². The molecule has 1 N–H and O–H groups in total. The molecule has 0 spiro atoms. The standard InChI is InChI=1S/C11H20N4/c1-4-12-10-6-5-9(8(10)2)11-7-13-14-15(11)3/h7-10,12H,4-6H2,1-3H3. The van der Waals surface area contributed by atoms with Crippen molar-refractivity contribution in [3.8, 4) is 0 Å². The predicted molar refractivity (Wildman–Crippen MR) is 59.6 cm³/mol. The zero-order chi connectivity index (χ0) is 10.8. The fourth-order valence-corrected chi connectivity index (χ4v) is 2.77. The first kappa shape index (κ1) is 10.6. The van der Waals surface area contributed by atoms with Crippen molar-refractivity contribution in [1.82, 2.24) is 20.3 Å². The third-order valence-electron chi connectivity index (χ3n) is 3.65. The summed E-state index contributed by atoms with van der Waals surface area (Å²) >= 11 is 0. The Morgan fingerprint density at radius 1 is 1.53 bits per heavy atom. The van der Waals surface area contributed by atoms with Crippen LogP contribution in [0.25, 0.3) is 0 Å². The first-order chi connectivity index (χ1) is 7.24. The zero-order valence-electron chi connectivity index (χ0n) is 9.77. The van der Waals surface area contributed by atoms with Gasteiger partial charge in [-0.1, -0.05) is 19.1 Å². The molecule has 0 aromatic carbocycles. The Hall–Kier alpha value is -0.900. The normalized spacial score (nSPS) is 31.0. The van der Waals surface area contributed by atoms with Gasteiger partial charge in [0.25, 0.3) is 0 Å². The van der Waals surface area contributed by atoms with E-state index in [2.05, 4.69) is 29.5 Å². The van der Waals surface area contributed by atoms with Gasteiger partial charge in [0.1, 0.15) is 0 Å². The second-order valence-corrected chi connectivity index (χ2v) is 4.49. The van der Waals surface area contributed by atoms with Crippen molar-refractivity contribution < 1.29 is 0 Å². The Bertz CT molecular complexity index is 320. The van der Waals surface area contributed by atoms with Crippen LogP contribution in [0.3, 0.4) is 0 Å². The Morgan fingerprint density at radius 2 is 2.33 bits per heavy atom. The fraction of sp³-hybridized carbons (Fsp3) is 0.818. The molecule has 4 heteroatoms. The van der Waals surface area contributed by atoms with Crippen molar-refractivity contribution in [3.05, 3.63) is 11.9 Å². The molecule has 1 aromatic heterocycles. The number of nitrogens with one attached hydrogen (secondary N) is 1. The van der Waals surface area contributed by atoms with Crippen LogP contribution in [-0.2, 0) is 7.05 Å². The van der Waals surface area contributed by atoms with Crippen molar-refractivity contribution in [2.45, 2.75) is 38.6 Å². The minimum atomic E-state index is 0.619. The Labute approximate surface area is 91.1 Å². The highest BCUT2D eigenvalue weighted by Crippen LogP contribution is 2.38. The van der Waals surface area contributed by atoms with E-state index in [0.29, 0.717) is 17.9 Å². The second kappa shape index (κ2) is 4.31. The van der Waals surface area contributed by atoms with Gasteiger partial charge in [-0.3, -0.25) is 4.68 Å². The summed E-state index contributed by atoms with van der Waals surface area (Å²) in [7, 11) is 1.98. The van der Waals surface area contributed by atoms with Gasteiger partial charge in [-0.05, 0) is 25.3 Å². The Morgan fingerprint density at radius 3 is 2.93 bits per heavy atom. The van der Waals surface area contributed by atoms with Gasteiger partial charge in [0.15, 0.2) is 0 Å². The number of rotatable bonds is 3. The number of aryl methyl sites for hydroxylation is 1. The van der Waals surface area contributed by atoms with E-state index in [4.69, 9.17) is 0 Å². The van der Waals surface area contributed by atoms with E-state index in [0.717, 1.165) is 6.54 Å². The highest BCUT2D eigenvalue weighted by Gasteiger charge is 2.34. The highest BCUT2D eigenvalue weighted by molar-refractivity contribution is 5.09.